The Kier molecular flexibility index (Phi) is 41.7. The van der Waals surface area contributed by atoms with Crippen molar-refractivity contribution in [2.45, 2.75) is 0 Å². The predicted octanol–water partition coefficient (Wildman–Crippen LogP) is -1.95. The first-order chi connectivity index (χ1) is 1.91. The largest absolute Gasteiger partial charge is 0 e. The summed E-state index contributed by atoms with van der Waals surface area (Å²) in [5, 5.41) is 15.2. The molecule has 0 aromatic carbocycles. The molecular formula is C2H8O2PbTi. The zero-order valence-electron chi connectivity index (χ0n) is 3.52. The van der Waals surface area contributed by atoms with Gasteiger partial charge in [-0.3, -0.25) is 0 Å². The van der Waals surface area contributed by atoms with Crippen molar-refractivity contribution < 1.29 is 31.9 Å². The maximum atomic E-state index is 7.62. The molecule has 0 fully saturated rings. The monoisotopic (exact) mass is 320 g/mol. The summed E-state index contributed by atoms with van der Waals surface area (Å²) in [4.78, 5) is 0. The summed E-state index contributed by atoms with van der Waals surface area (Å²) in [5.41, 5.74) is 0. The fourth-order valence-corrected chi connectivity index (χ4v) is 0. The van der Waals surface area contributed by atoms with Crippen LogP contribution in [0, 0.1) is 0 Å². The van der Waals surface area contributed by atoms with E-state index in [1.165, 1.54) is 0 Å². The molecule has 0 aliphatic rings. The Bertz CT molecular complexity index is 13.5. The van der Waals surface area contributed by atoms with Gasteiger partial charge in [0.2, 0.25) is 0 Å². The summed E-state index contributed by atoms with van der Waals surface area (Å²) < 4.78 is 0. The Balaban J connectivity index is -0.0000000450. The van der Waals surface area contributed by atoms with Crippen molar-refractivity contribution in [2.24, 2.45) is 0 Å². The zero-order valence-corrected chi connectivity index (χ0v) is 10.6. The van der Waals surface area contributed by atoms with E-state index in [9.17, 15) is 0 Å². The van der Waals surface area contributed by atoms with E-state index in [4.69, 9.17) is 10.2 Å². The van der Waals surface area contributed by atoms with Crippen molar-refractivity contribution in [3.63, 3.8) is 0 Å². The van der Waals surface area contributed by atoms with Gasteiger partial charge in [0.25, 0.3) is 0 Å². The molecule has 0 spiro atoms. The molecule has 0 unspecified atom stereocenters. The summed E-state index contributed by atoms with van der Waals surface area (Å²) >= 11 is 0. The van der Waals surface area contributed by atoms with Crippen LogP contribution in [-0.2, 0) is 21.7 Å². The van der Waals surface area contributed by atoms with Crippen LogP contribution >= 0.6 is 0 Å². The first kappa shape index (κ1) is 15.6. The van der Waals surface area contributed by atoms with Gasteiger partial charge in [0.1, 0.15) is 0 Å². The Labute approximate surface area is 72.0 Å². The summed E-state index contributed by atoms with van der Waals surface area (Å²) in [6.45, 7) is -0.250. The Morgan fingerprint density at radius 2 is 1.17 bits per heavy atom. The van der Waals surface area contributed by atoms with Gasteiger partial charge in [0.15, 0.2) is 0 Å². The quantitative estimate of drug-likeness (QED) is 0.552. The molecular weight excluding hydrogens is 311 g/mol. The van der Waals surface area contributed by atoms with Gasteiger partial charge in [0, 0.05) is 21.7 Å². The molecule has 0 saturated heterocycles. The van der Waals surface area contributed by atoms with Crippen molar-refractivity contribution in [1.29, 1.82) is 0 Å². The van der Waals surface area contributed by atoms with Gasteiger partial charge >= 0.3 is 27.3 Å². The summed E-state index contributed by atoms with van der Waals surface area (Å²) in [6, 6.07) is 0. The van der Waals surface area contributed by atoms with Crippen molar-refractivity contribution in [2.75, 3.05) is 13.2 Å². The van der Waals surface area contributed by atoms with Crippen LogP contribution in [0.4, 0.5) is 0 Å². The second kappa shape index (κ2) is 16.0. The van der Waals surface area contributed by atoms with Crippen LogP contribution in [0.2, 0.25) is 0 Å². The van der Waals surface area contributed by atoms with Gasteiger partial charge in [0.05, 0.1) is 13.2 Å². The molecule has 0 aliphatic heterocycles. The third kappa shape index (κ3) is 17.7. The minimum atomic E-state index is -0.125. The molecule has 0 amide bonds. The number of aliphatic hydroxyl groups is 2. The summed E-state index contributed by atoms with van der Waals surface area (Å²) in [5.74, 6) is 0. The van der Waals surface area contributed by atoms with Gasteiger partial charge < -0.3 is 10.2 Å². The third-order valence-corrected chi connectivity index (χ3v) is 0.1000. The molecule has 2 nitrogen and oxygen atoms in total. The van der Waals surface area contributed by atoms with Crippen molar-refractivity contribution in [3.8, 4) is 0 Å². The first-order valence-corrected chi connectivity index (χ1v) is 1.13. The summed E-state index contributed by atoms with van der Waals surface area (Å²) in [7, 11) is 0. The molecule has 0 rings (SSSR count). The average molecular weight is 319 g/mol. The topological polar surface area (TPSA) is 40.5 Å². The third-order valence-electron chi connectivity index (χ3n) is 0.1000. The van der Waals surface area contributed by atoms with Gasteiger partial charge in [-0.05, 0) is 0 Å². The minimum absolute atomic E-state index is 0. The molecule has 0 aromatic heterocycles. The molecule has 2 radical (unpaired) electrons. The second-order valence-corrected chi connectivity index (χ2v) is 0.447. The van der Waals surface area contributed by atoms with Gasteiger partial charge in [-0.2, -0.15) is 0 Å². The maximum Gasteiger partial charge on any atom is 0 e. The van der Waals surface area contributed by atoms with Crippen molar-refractivity contribution in [3.05, 3.63) is 0 Å². The molecule has 0 aliphatic carbocycles. The van der Waals surface area contributed by atoms with Crippen molar-refractivity contribution >= 4 is 27.3 Å². The van der Waals surface area contributed by atoms with Crippen LogP contribution < -0.4 is 0 Å². The van der Waals surface area contributed by atoms with Gasteiger partial charge in [-0.15, -0.1) is 0 Å². The SMILES string of the molecule is OCCO.[PbH2].[Ti]. The second-order valence-electron chi connectivity index (χ2n) is 0.447. The Morgan fingerprint density at radius 1 is 1.00 bits per heavy atom. The van der Waals surface area contributed by atoms with E-state index in [-0.39, 0.29) is 62.2 Å². The molecule has 4 heteroatoms. The van der Waals surface area contributed by atoms with Crippen LogP contribution in [0.3, 0.4) is 0 Å². The molecule has 0 heterocycles. The van der Waals surface area contributed by atoms with E-state index in [0.29, 0.717) is 0 Å². The van der Waals surface area contributed by atoms with Gasteiger partial charge in [-0.1, -0.05) is 0 Å². The first-order valence-electron chi connectivity index (χ1n) is 1.13. The maximum absolute atomic E-state index is 7.62. The molecule has 2 N–H and O–H groups in total. The standard InChI is InChI=1S/C2H6O2.Pb.Ti.2H/c3-1-2-4;;;;/h3-4H,1-2H2;;;;. The van der Waals surface area contributed by atoms with Crippen LogP contribution in [-0.4, -0.2) is 50.7 Å². The fraction of sp³-hybridized carbons (Fsp3) is 1.00. The number of rotatable bonds is 1. The molecule has 0 bridgehead atoms. The smallest absolute Gasteiger partial charge is 0 e. The fourth-order valence-electron chi connectivity index (χ4n) is 0. The normalized spacial score (nSPS) is 5.00. The zero-order chi connectivity index (χ0) is 3.41. The van der Waals surface area contributed by atoms with Crippen LogP contribution in [0.25, 0.3) is 0 Å². The Hall–Kier alpha value is 1.56. The van der Waals surface area contributed by atoms with Crippen molar-refractivity contribution in [1.82, 2.24) is 0 Å². The van der Waals surface area contributed by atoms with E-state index in [1.807, 2.05) is 0 Å². The minimum Gasteiger partial charge on any atom is 0 e. The molecule has 0 aromatic rings. The van der Waals surface area contributed by atoms with Crippen LogP contribution in [0.15, 0.2) is 0 Å². The molecule has 36 valence electrons. The van der Waals surface area contributed by atoms with E-state index >= 15 is 0 Å². The molecule has 0 atom stereocenters. The molecule has 0 saturated carbocycles. The molecule has 6 heavy (non-hydrogen) atoms. The summed E-state index contributed by atoms with van der Waals surface area (Å²) in [6.07, 6.45) is 0. The van der Waals surface area contributed by atoms with Gasteiger partial charge in [-0.25, -0.2) is 0 Å². The van der Waals surface area contributed by atoms with Crippen LogP contribution in [0.5, 0.6) is 0 Å². The number of hydrogen-bond donors (Lipinski definition) is 2. The number of hydrogen-bond acceptors (Lipinski definition) is 2. The van der Waals surface area contributed by atoms with E-state index in [2.05, 4.69) is 0 Å². The van der Waals surface area contributed by atoms with Crippen LogP contribution in [0.1, 0.15) is 0 Å². The Morgan fingerprint density at radius 3 is 1.17 bits per heavy atom. The van der Waals surface area contributed by atoms with E-state index in [1.54, 1.807) is 0 Å². The van der Waals surface area contributed by atoms with E-state index < -0.39 is 0 Å². The van der Waals surface area contributed by atoms with E-state index in [0.717, 1.165) is 0 Å². The number of aliphatic hydroxyl groups excluding tert-OH is 2. The average Bonchev–Trinajstić information content (AvgIpc) is 1.37. The predicted molar refractivity (Wildman–Crippen MR) is 22.7 cm³/mol.